The number of hydrogen-bond acceptors (Lipinski definition) is 8. The summed E-state index contributed by atoms with van der Waals surface area (Å²) in [4.78, 5) is 31.7. The Balaban J connectivity index is 1.87. The van der Waals surface area contributed by atoms with E-state index in [0.717, 1.165) is 12.0 Å². The standard InChI is InChI=1S/C27H28N2O6S/c1-5-13-35-19-10-8-18(9-11-19)24-23(26(32)34-6-2)16(3)28-27-29(24)25(31)22(36-27)15-17-7-12-20(30)21(14-17)33-4/h7-12,14-15,24,30H,5-6,13H2,1-4H3/b22-15-. The van der Waals surface area contributed by atoms with Gasteiger partial charge in [0.15, 0.2) is 16.3 Å². The SMILES string of the molecule is CCCOc1ccc(C2C(C(=O)OCC)=C(C)N=c3s/c(=C\c4ccc(O)c(OC)c4)c(=O)n32)cc1. The van der Waals surface area contributed by atoms with Gasteiger partial charge in [-0.15, -0.1) is 0 Å². The number of phenols is 1. The van der Waals surface area contributed by atoms with E-state index in [1.807, 2.05) is 31.2 Å². The van der Waals surface area contributed by atoms with Gasteiger partial charge in [-0.05, 0) is 61.7 Å². The molecule has 188 valence electrons. The third kappa shape index (κ3) is 4.92. The molecule has 1 aliphatic heterocycles. The number of aromatic nitrogens is 1. The maximum atomic E-state index is 13.7. The molecule has 0 bridgehead atoms. The monoisotopic (exact) mass is 508 g/mol. The van der Waals surface area contributed by atoms with Crippen LogP contribution in [0.15, 0.2) is 63.5 Å². The number of nitrogens with zero attached hydrogens (tertiary/aromatic N) is 2. The third-order valence-corrected chi connectivity index (χ3v) is 6.67. The van der Waals surface area contributed by atoms with Gasteiger partial charge in [-0.1, -0.05) is 36.5 Å². The Labute approximate surface area is 212 Å². The van der Waals surface area contributed by atoms with E-state index in [4.69, 9.17) is 14.2 Å². The van der Waals surface area contributed by atoms with Crippen molar-refractivity contribution in [1.29, 1.82) is 0 Å². The highest BCUT2D eigenvalue weighted by atomic mass is 32.1. The van der Waals surface area contributed by atoms with Gasteiger partial charge in [-0.3, -0.25) is 9.36 Å². The zero-order valence-corrected chi connectivity index (χ0v) is 21.4. The van der Waals surface area contributed by atoms with E-state index in [1.165, 1.54) is 29.1 Å². The summed E-state index contributed by atoms with van der Waals surface area (Å²) in [5.74, 6) is 0.526. The second-order valence-electron chi connectivity index (χ2n) is 8.15. The predicted molar refractivity (Wildman–Crippen MR) is 137 cm³/mol. The Hall–Kier alpha value is -3.85. The summed E-state index contributed by atoms with van der Waals surface area (Å²) in [6.07, 6.45) is 2.61. The zero-order valence-electron chi connectivity index (χ0n) is 20.6. The number of aromatic hydroxyl groups is 1. The Morgan fingerprint density at radius 2 is 1.94 bits per heavy atom. The molecule has 3 aromatic rings. The van der Waals surface area contributed by atoms with Gasteiger partial charge in [0.2, 0.25) is 0 Å². The van der Waals surface area contributed by atoms with E-state index in [9.17, 15) is 14.7 Å². The van der Waals surface area contributed by atoms with Crippen molar-refractivity contribution in [2.45, 2.75) is 33.2 Å². The maximum Gasteiger partial charge on any atom is 0.338 e. The van der Waals surface area contributed by atoms with Crippen LogP contribution in [0.2, 0.25) is 0 Å². The lowest BCUT2D eigenvalue weighted by atomic mass is 9.96. The summed E-state index contributed by atoms with van der Waals surface area (Å²) in [5, 5.41) is 9.89. The normalized spacial score (nSPS) is 15.3. The first-order chi connectivity index (χ1) is 17.4. The van der Waals surface area contributed by atoms with Crippen molar-refractivity contribution in [3.8, 4) is 17.2 Å². The van der Waals surface area contributed by atoms with E-state index in [1.54, 1.807) is 32.1 Å². The summed E-state index contributed by atoms with van der Waals surface area (Å²) in [6.45, 7) is 6.33. The molecular formula is C27H28N2O6S. The summed E-state index contributed by atoms with van der Waals surface area (Å²) >= 11 is 1.23. The molecule has 2 aromatic carbocycles. The van der Waals surface area contributed by atoms with Crippen molar-refractivity contribution >= 4 is 23.4 Å². The molecule has 4 rings (SSSR count). The van der Waals surface area contributed by atoms with Gasteiger partial charge >= 0.3 is 5.97 Å². The van der Waals surface area contributed by atoms with Gasteiger partial charge in [-0.25, -0.2) is 9.79 Å². The molecule has 0 aliphatic carbocycles. The molecule has 9 heteroatoms. The molecule has 0 saturated heterocycles. The fourth-order valence-electron chi connectivity index (χ4n) is 4.01. The second-order valence-corrected chi connectivity index (χ2v) is 9.16. The first-order valence-corrected chi connectivity index (χ1v) is 12.5. The van der Waals surface area contributed by atoms with Crippen LogP contribution < -0.4 is 24.4 Å². The lowest BCUT2D eigenvalue weighted by molar-refractivity contribution is -0.139. The molecule has 1 atom stereocenters. The van der Waals surface area contributed by atoms with E-state index < -0.39 is 12.0 Å². The van der Waals surface area contributed by atoms with Gasteiger partial charge in [-0.2, -0.15) is 0 Å². The number of allylic oxidation sites excluding steroid dienone is 1. The lowest BCUT2D eigenvalue weighted by Gasteiger charge is -2.24. The number of esters is 1. The fourth-order valence-corrected chi connectivity index (χ4v) is 5.06. The number of rotatable bonds is 8. The van der Waals surface area contributed by atoms with Gasteiger partial charge < -0.3 is 19.3 Å². The smallest absolute Gasteiger partial charge is 0.338 e. The first kappa shape index (κ1) is 25.2. The number of carbonyl (C=O) groups is 1. The molecule has 2 heterocycles. The number of phenolic OH excluding ortho intramolecular Hbond substituents is 1. The number of methoxy groups -OCH3 is 1. The highest BCUT2D eigenvalue weighted by Gasteiger charge is 2.33. The molecule has 36 heavy (non-hydrogen) atoms. The van der Waals surface area contributed by atoms with Gasteiger partial charge in [0.1, 0.15) is 5.75 Å². The number of hydrogen-bond donors (Lipinski definition) is 1. The van der Waals surface area contributed by atoms with Crippen molar-refractivity contribution < 1.29 is 24.1 Å². The summed E-state index contributed by atoms with van der Waals surface area (Å²) in [5.41, 5.74) is 1.98. The minimum atomic E-state index is -0.697. The Morgan fingerprint density at radius 3 is 2.61 bits per heavy atom. The molecule has 1 aliphatic rings. The molecular weight excluding hydrogens is 480 g/mol. The zero-order chi connectivity index (χ0) is 25.8. The summed E-state index contributed by atoms with van der Waals surface area (Å²) in [7, 11) is 1.46. The Bertz CT molecular complexity index is 1480. The van der Waals surface area contributed by atoms with Crippen LogP contribution in [0.25, 0.3) is 6.08 Å². The highest BCUT2D eigenvalue weighted by molar-refractivity contribution is 7.07. The Kier molecular flexibility index (Phi) is 7.59. The molecule has 1 unspecified atom stereocenters. The first-order valence-electron chi connectivity index (χ1n) is 11.7. The second kappa shape index (κ2) is 10.8. The van der Waals surface area contributed by atoms with E-state index in [0.29, 0.717) is 44.3 Å². The van der Waals surface area contributed by atoms with Gasteiger partial charge in [0, 0.05) is 0 Å². The minimum absolute atomic E-state index is 0.0113. The molecule has 0 saturated carbocycles. The minimum Gasteiger partial charge on any atom is -0.504 e. The highest BCUT2D eigenvalue weighted by Crippen LogP contribution is 2.32. The van der Waals surface area contributed by atoms with Crippen LogP contribution in [0.4, 0.5) is 0 Å². The molecule has 8 nitrogen and oxygen atoms in total. The fraction of sp³-hybridized carbons (Fsp3) is 0.296. The van der Waals surface area contributed by atoms with E-state index in [-0.39, 0.29) is 17.9 Å². The number of carbonyl (C=O) groups excluding carboxylic acids is 1. The predicted octanol–water partition coefficient (Wildman–Crippen LogP) is 3.30. The van der Waals surface area contributed by atoms with E-state index in [2.05, 4.69) is 4.99 Å². The van der Waals surface area contributed by atoms with Crippen molar-refractivity contribution in [1.82, 2.24) is 4.57 Å². The largest absolute Gasteiger partial charge is 0.504 e. The Morgan fingerprint density at radius 1 is 1.19 bits per heavy atom. The van der Waals surface area contributed by atoms with Gasteiger partial charge in [0.25, 0.3) is 5.56 Å². The van der Waals surface area contributed by atoms with Crippen molar-refractivity contribution in [3.05, 3.63) is 84.5 Å². The van der Waals surface area contributed by atoms with Crippen LogP contribution in [0.5, 0.6) is 17.2 Å². The van der Waals surface area contributed by atoms with Crippen LogP contribution in [-0.4, -0.2) is 36.0 Å². The quantitative estimate of drug-likeness (QED) is 0.469. The third-order valence-electron chi connectivity index (χ3n) is 5.69. The molecule has 0 amide bonds. The van der Waals surface area contributed by atoms with Crippen molar-refractivity contribution in [2.75, 3.05) is 20.3 Å². The van der Waals surface area contributed by atoms with Crippen LogP contribution in [0, 0.1) is 0 Å². The van der Waals surface area contributed by atoms with Crippen molar-refractivity contribution in [2.24, 2.45) is 4.99 Å². The molecule has 1 N–H and O–H groups in total. The average molecular weight is 509 g/mol. The van der Waals surface area contributed by atoms with Crippen molar-refractivity contribution in [3.63, 3.8) is 0 Å². The summed E-state index contributed by atoms with van der Waals surface area (Å²) < 4.78 is 18.2. The molecule has 0 spiro atoms. The van der Waals surface area contributed by atoms with Crippen LogP contribution in [-0.2, 0) is 9.53 Å². The van der Waals surface area contributed by atoms with E-state index >= 15 is 0 Å². The lowest BCUT2D eigenvalue weighted by Crippen LogP contribution is -2.39. The molecule has 1 aromatic heterocycles. The topological polar surface area (TPSA) is 99.4 Å². The number of fused-ring (bicyclic) bond motifs is 1. The average Bonchev–Trinajstić information content (AvgIpc) is 3.17. The van der Waals surface area contributed by atoms with Crippen LogP contribution in [0.1, 0.15) is 44.4 Å². The molecule has 0 fully saturated rings. The number of benzene rings is 2. The number of thiazole rings is 1. The van der Waals surface area contributed by atoms with Gasteiger partial charge in [0.05, 0.1) is 42.2 Å². The summed E-state index contributed by atoms with van der Waals surface area (Å²) in [6, 6.07) is 11.5. The maximum absolute atomic E-state index is 13.7. The number of ether oxygens (including phenoxy) is 3. The van der Waals surface area contributed by atoms with Crippen LogP contribution in [0.3, 0.4) is 0 Å². The molecule has 0 radical (unpaired) electrons. The van der Waals surface area contributed by atoms with Crippen LogP contribution >= 0.6 is 11.3 Å².